The molecule has 5 nitrogen and oxygen atoms in total. The standard InChI is InChI=1S/C49H41N5/c1-31-25-32(30-50)27-37(26-31)47-52-45(34-17-15-33(16-18-34)35-19-21-41-42(29-35)49(4,5)24-23-48(41,2)3)51-46(53-47)36-20-22-44-40(28-36)39-13-9-10-14-43(39)54(44)38-11-7-6-8-12-38/h6-22,25-29H,23-24H2,1-5H3. The van der Waals surface area contributed by atoms with Gasteiger partial charge in [0.1, 0.15) is 0 Å². The number of aryl methyl sites for hydroxylation is 1. The number of para-hydroxylation sites is 2. The molecule has 9 rings (SSSR count). The maximum atomic E-state index is 9.80. The van der Waals surface area contributed by atoms with Crippen LogP contribution < -0.4 is 0 Å². The zero-order chi connectivity index (χ0) is 37.2. The Labute approximate surface area is 316 Å². The maximum absolute atomic E-state index is 9.80. The average Bonchev–Trinajstić information content (AvgIpc) is 3.53. The first-order chi connectivity index (χ1) is 26.1. The van der Waals surface area contributed by atoms with Gasteiger partial charge in [-0.3, -0.25) is 0 Å². The number of nitrogens with zero attached hydrogens (tertiary/aromatic N) is 5. The van der Waals surface area contributed by atoms with E-state index in [-0.39, 0.29) is 10.8 Å². The summed E-state index contributed by atoms with van der Waals surface area (Å²) in [6, 6.07) is 49.1. The van der Waals surface area contributed by atoms with Crippen molar-refractivity contribution in [1.29, 1.82) is 5.26 Å². The predicted molar refractivity (Wildman–Crippen MR) is 221 cm³/mol. The van der Waals surface area contributed by atoms with Crippen molar-refractivity contribution in [2.75, 3.05) is 0 Å². The van der Waals surface area contributed by atoms with Crippen LogP contribution in [-0.2, 0) is 10.8 Å². The van der Waals surface area contributed by atoms with Crippen LogP contribution in [0.15, 0.2) is 133 Å². The first kappa shape index (κ1) is 33.5. The Morgan fingerprint density at radius 2 is 1.11 bits per heavy atom. The summed E-state index contributed by atoms with van der Waals surface area (Å²) in [6.07, 6.45) is 2.38. The lowest BCUT2D eigenvalue weighted by Crippen LogP contribution is -2.33. The van der Waals surface area contributed by atoms with Gasteiger partial charge >= 0.3 is 0 Å². The van der Waals surface area contributed by atoms with E-state index in [0.717, 1.165) is 55.3 Å². The fraction of sp³-hybridized carbons (Fsp3) is 0.184. The Bertz CT molecular complexity index is 2780. The number of hydrogen-bond donors (Lipinski definition) is 0. The van der Waals surface area contributed by atoms with Crippen LogP contribution in [-0.4, -0.2) is 19.5 Å². The van der Waals surface area contributed by atoms with Gasteiger partial charge in [0.2, 0.25) is 0 Å². The lowest BCUT2D eigenvalue weighted by Gasteiger charge is -2.42. The van der Waals surface area contributed by atoms with Crippen LogP contribution in [0, 0.1) is 18.3 Å². The molecule has 0 amide bonds. The molecule has 2 aromatic heterocycles. The smallest absolute Gasteiger partial charge is 0.164 e. The first-order valence-corrected chi connectivity index (χ1v) is 18.7. The van der Waals surface area contributed by atoms with Gasteiger partial charge in [-0.25, -0.2) is 15.0 Å². The summed E-state index contributed by atoms with van der Waals surface area (Å²) in [6.45, 7) is 11.5. The number of hydrogen-bond acceptors (Lipinski definition) is 4. The third-order valence-corrected chi connectivity index (χ3v) is 11.4. The summed E-state index contributed by atoms with van der Waals surface area (Å²) in [4.78, 5) is 15.2. The van der Waals surface area contributed by atoms with E-state index in [1.165, 1.54) is 29.5 Å². The normalized spacial score (nSPS) is 14.5. The van der Waals surface area contributed by atoms with Crippen LogP contribution in [0.1, 0.15) is 62.8 Å². The third-order valence-electron chi connectivity index (χ3n) is 11.4. The molecule has 2 heterocycles. The molecule has 0 fully saturated rings. The second-order valence-corrected chi connectivity index (χ2v) is 16.0. The van der Waals surface area contributed by atoms with E-state index in [2.05, 4.69) is 148 Å². The maximum Gasteiger partial charge on any atom is 0.164 e. The van der Waals surface area contributed by atoms with Crippen molar-refractivity contribution in [3.63, 3.8) is 0 Å². The molecule has 0 spiro atoms. The number of fused-ring (bicyclic) bond motifs is 4. The van der Waals surface area contributed by atoms with Crippen LogP contribution in [0.25, 0.3) is 72.8 Å². The minimum atomic E-state index is 0.138. The highest BCUT2D eigenvalue weighted by Gasteiger charge is 2.37. The molecule has 1 aliphatic carbocycles. The van der Waals surface area contributed by atoms with Gasteiger partial charge in [-0.1, -0.05) is 107 Å². The van der Waals surface area contributed by atoms with Crippen molar-refractivity contribution in [1.82, 2.24) is 19.5 Å². The third kappa shape index (κ3) is 5.76. The van der Waals surface area contributed by atoms with Crippen molar-refractivity contribution < 1.29 is 0 Å². The van der Waals surface area contributed by atoms with Crippen LogP contribution in [0.4, 0.5) is 0 Å². The van der Waals surface area contributed by atoms with E-state index in [1.54, 1.807) is 0 Å². The molecular formula is C49H41N5. The monoisotopic (exact) mass is 699 g/mol. The van der Waals surface area contributed by atoms with Gasteiger partial charge in [-0.15, -0.1) is 0 Å². The molecule has 0 saturated heterocycles. The van der Waals surface area contributed by atoms with E-state index in [9.17, 15) is 5.26 Å². The highest BCUT2D eigenvalue weighted by atomic mass is 15.0. The summed E-state index contributed by atoms with van der Waals surface area (Å²) < 4.78 is 2.31. The lowest BCUT2D eigenvalue weighted by atomic mass is 9.63. The molecular weight excluding hydrogens is 659 g/mol. The van der Waals surface area contributed by atoms with Gasteiger partial charge in [0.05, 0.1) is 22.7 Å². The van der Waals surface area contributed by atoms with E-state index >= 15 is 0 Å². The number of aromatic nitrogens is 4. The van der Waals surface area contributed by atoms with E-state index in [0.29, 0.717) is 23.0 Å². The minimum Gasteiger partial charge on any atom is -0.309 e. The zero-order valence-corrected chi connectivity index (χ0v) is 31.4. The number of benzene rings is 6. The van der Waals surface area contributed by atoms with E-state index in [4.69, 9.17) is 15.0 Å². The van der Waals surface area contributed by atoms with Crippen LogP contribution in [0.2, 0.25) is 0 Å². The molecule has 0 radical (unpaired) electrons. The summed E-state index contributed by atoms with van der Waals surface area (Å²) in [7, 11) is 0. The van der Waals surface area contributed by atoms with Gasteiger partial charge < -0.3 is 4.57 Å². The van der Waals surface area contributed by atoms with E-state index in [1.807, 2.05) is 31.2 Å². The Morgan fingerprint density at radius 1 is 0.519 bits per heavy atom. The van der Waals surface area contributed by atoms with Crippen LogP contribution >= 0.6 is 0 Å². The van der Waals surface area contributed by atoms with Gasteiger partial charge in [-0.05, 0) is 113 Å². The number of nitriles is 1. The molecule has 5 heteroatoms. The van der Waals surface area contributed by atoms with Crippen molar-refractivity contribution in [2.45, 2.75) is 58.3 Å². The summed E-state index contributed by atoms with van der Waals surface area (Å²) in [5.41, 5.74) is 13.1. The molecule has 0 atom stereocenters. The van der Waals surface area contributed by atoms with Gasteiger partial charge in [0.15, 0.2) is 17.5 Å². The topological polar surface area (TPSA) is 67.4 Å². The number of rotatable bonds is 5. The van der Waals surface area contributed by atoms with Gasteiger partial charge in [0, 0.05) is 33.2 Å². The summed E-state index contributed by atoms with van der Waals surface area (Å²) in [5.74, 6) is 1.70. The van der Waals surface area contributed by atoms with Crippen molar-refractivity contribution in [2.24, 2.45) is 0 Å². The molecule has 8 aromatic rings. The molecule has 0 saturated carbocycles. The molecule has 0 unspecified atom stereocenters. The molecule has 0 aliphatic heterocycles. The van der Waals surface area contributed by atoms with Crippen LogP contribution in [0.5, 0.6) is 0 Å². The lowest BCUT2D eigenvalue weighted by molar-refractivity contribution is 0.332. The molecule has 0 N–H and O–H groups in total. The zero-order valence-electron chi connectivity index (χ0n) is 31.4. The Hall–Kier alpha value is -6.38. The first-order valence-electron chi connectivity index (χ1n) is 18.7. The molecule has 0 bridgehead atoms. The second kappa shape index (κ2) is 12.6. The molecule has 1 aliphatic rings. The summed E-state index contributed by atoms with van der Waals surface area (Å²) in [5, 5.41) is 12.1. The second-order valence-electron chi connectivity index (χ2n) is 16.0. The van der Waals surface area contributed by atoms with E-state index < -0.39 is 0 Å². The average molecular weight is 700 g/mol. The van der Waals surface area contributed by atoms with Crippen LogP contribution in [0.3, 0.4) is 0 Å². The Balaban J connectivity index is 1.17. The fourth-order valence-corrected chi connectivity index (χ4v) is 8.29. The molecule has 262 valence electrons. The quantitative estimate of drug-likeness (QED) is 0.179. The highest BCUT2D eigenvalue weighted by molar-refractivity contribution is 6.10. The predicted octanol–water partition coefficient (Wildman–Crippen LogP) is 12.2. The molecule has 6 aromatic carbocycles. The minimum absolute atomic E-state index is 0.138. The SMILES string of the molecule is Cc1cc(C#N)cc(-c2nc(-c3ccc(-c4ccc5c(c4)C(C)(C)CCC5(C)C)cc3)nc(-c3ccc4c(c3)c3ccccc3n4-c3ccccc3)n2)c1. The largest absolute Gasteiger partial charge is 0.309 e. The van der Waals surface area contributed by atoms with Crippen molar-refractivity contribution in [3.8, 4) is 57.0 Å². The van der Waals surface area contributed by atoms with Gasteiger partial charge in [-0.2, -0.15) is 5.26 Å². The highest BCUT2D eigenvalue weighted by Crippen LogP contribution is 2.47. The van der Waals surface area contributed by atoms with Crippen molar-refractivity contribution in [3.05, 3.63) is 156 Å². The fourth-order valence-electron chi connectivity index (χ4n) is 8.29. The summed E-state index contributed by atoms with van der Waals surface area (Å²) >= 11 is 0. The van der Waals surface area contributed by atoms with Crippen molar-refractivity contribution >= 4 is 21.8 Å². The molecule has 54 heavy (non-hydrogen) atoms. The van der Waals surface area contributed by atoms with Gasteiger partial charge in [0.25, 0.3) is 0 Å². The Kier molecular flexibility index (Phi) is 7.83. The Morgan fingerprint density at radius 3 is 1.85 bits per heavy atom.